The predicted octanol–water partition coefficient (Wildman–Crippen LogP) is 4.41. The van der Waals surface area contributed by atoms with Gasteiger partial charge in [-0.1, -0.05) is 32.4 Å². The SMILES string of the molecule is CC1(C)CCCC1C(N)c1cccc(OC(F)(F)F)c1. The van der Waals surface area contributed by atoms with E-state index in [9.17, 15) is 13.2 Å². The van der Waals surface area contributed by atoms with Crippen molar-refractivity contribution < 1.29 is 17.9 Å². The number of hydrogen-bond donors (Lipinski definition) is 1. The fourth-order valence-corrected chi connectivity index (χ4v) is 3.17. The van der Waals surface area contributed by atoms with Gasteiger partial charge in [0.15, 0.2) is 0 Å². The van der Waals surface area contributed by atoms with Crippen molar-refractivity contribution in [3.63, 3.8) is 0 Å². The Morgan fingerprint density at radius 3 is 2.60 bits per heavy atom. The second-order valence-electron chi connectivity index (χ2n) is 6.13. The molecular weight excluding hydrogens is 267 g/mol. The first-order chi connectivity index (χ1) is 9.19. The van der Waals surface area contributed by atoms with Crippen LogP contribution in [0.4, 0.5) is 13.2 Å². The maximum absolute atomic E-state index is 12.2. The summed E-state index contributed by atoms with van der Waals surface area (Å²) in [5.41, 5.74) is 7.10. The highest BCUT2D eigenvalue weighted by Crippen LogP contribution is 2.48. The minimum absolute atomic E-state index is 0.125. The van der Waals surface area contributed by atoms with E-state index in [1.54, 1.807) is 12.1 Å². The first-order valence-electron chi connectivity index (χ1n) is 6.80. The minimum atomic E-state index is -4.67. The molecule has 0 spiro atoms. The topological polar surface area (TPSA) is 35.2 Å². The summed E-state index contributed by atoms with van der Waals surface area (Å²) < 4.78 is 40.7. The Morgan fingerprint density at radius 2 is 2.05 bits per heavy atom. The molecule has 2 nitrogen and oxygen atoms in total. The van der Waals surface area contributed by atoms with E-state index in [-0.39, 0.29) is 23.1 Å². The molecule has 0 saturated heterocycles. The molecule has 1 aliphatic carbocycles. The zero-order chi connectivity index (χ0) is 15.0. The van der Waals surface area contributed by atoms with Crippen molar-refractivity contribution in [2.45, 2.75) is 45.5 Å². The molecule has 20 heavy (non-hydrogen) atoms. The van der Waals surface area contributed by atoms with Crippen LogP contribution < -0.4 is 10.5 Å². The van der Waals surface area contributed by atoms with Crippen LogP contribution in [0.1, 0.15) is 44.7 Å². The lowest BCUT2D eigenvalue weighted by Crippen LogP contribution is -2.29. The summed E-state index contributed by atoms with van der Waals surface area (Å²) in [4.78, 5) is 0. The van der Waals surface area contributed by atoms with E-state index < -0.39 is 6.36 Å². The van der Waals surface area contributed by atoms with Gasteiger partial charge in [0.25, 0.3) is 0 Å². The maximum Gasteiger partial charge on any atom is 0.573 e. The van der Waals surface area contributed by atoms with Gasteiger partial charge >= 0.3 is 6.36 Å². The van der Waals surface area contributed by atoms with E-state index in [4.69, 9.17) is 5.73 Å². The summed E-state index contributed by atoms with van der Waals surface area (Å²) >= 11 is 0. The Balaban J connectivity index is 2.18. The van der Waals surface area contributed by atoms with Crippen LogP contribution >= 0.6 is 0 Å². The van der Waals surface area contributed by atoms with Crippen LogP contribution in [0.2, 0.25) is 0 Å². The van der Waals surface area contributed by atoms with Crippen molar-refractivity contribution >= 4 is 0 Å². The van der Waals surface area contributed by atoms with Gasteiger partial charge in [0.1, 0.15) is 5.75 Å². The van der Waals surface area contributed by atoms with Gasteiger partial charge in [0.2, 0.25) is 0 Å². The molecule has 0 aromatic heterocycles. The molecule has 2 N–H and O–H groups in total. The lowest BCUT2D eigenvalue weighted by atomic mass is 9.76. The smallest absolute Gasteiger partial charge is 0.406 e. The summed E-state index contributed by atoms with van der Waals surface area (Å²) in [6.45, 7) is 4.33. The van der Waals surface area contributed by atoms with Gasteiger partial charge in [-0.2, -0.15) is 0 Å². The fraction of sp³-hybridized carbons (Fsp3) is 0.600. The van der Waals surface area contributed by atoms with Gasteiger partial charge in [-0.25, -0.2) is 0 Å². The highest BCUT2D eigenvalue weighted by Gasteiger charge is 2.39. The molecule has 0 amide bonds. The molecule has 0 aliphatic heterocycles. The monoisotopic (exact) mass is 287 g/mol. The average molecular weight is 287 g/mol. The quantitative estimate of drug-likeness (QED) is 0.893. The van der Waals surface area contributed by atoms with Crippen molar-refractivity contribution in [2.75, 3.05) is 0 Å². The summed E-state index contributed by atoms with van der Waals surface area (Å²) in [5.74, 6) is 0.0740. The summed E-state index contributed by atoms with van der Waals surface area (Å²) in [5, 5.41) is 0. The molecule has 1 aliphatic rings. The van der Waals surface area contributed by atoms with Crippen LogP contribution in [-0.2, 0) is 0 Å². The van der Waals surface area contributed by atoms with Crippen LogP contribution in [0.5, 0.6) is 5.75 Å². The third kappa shape index (κ3) is 3.45. The zero-order valence-corrected chi connectivity index (χ0v) is 11.7. The molecular formula is C15H20F3NO. The maximum atomic E-state index is 12.2. The number of halogens is 3. The van der Waals surface area contributed by atoms with Crippen molar-refractivity contribution in [2.24, 2.45) is 17.1 Å². The first-order valence-corrected chi connectivity index (χ1v) is 6.80. The van der Waals surface area contributed by atoms with Crippen molar-refractivity contribution in [3.05, 3.63) is 29.8 Å². The normalized spacial score (nSPS) is 23.6. The molecule has 112 valence electrons. The van der Waals surface area contributed by atoms with Crippen LogP contribution in [0.15, 0.2) is 24.3 Å². The Kier molecular flexibility index (Phi) is 4.00. The molecule has 2 atom stereocenters. The number of benzene rings is 1. The van der Waals surface area contributed by atoms with Crippen molar-refractivity contribution in [3.8, 4) is 5.75 Å². The molecule has 2 rings (SSSR count). The largest absolute Gasteiger partial charge is 0.573 e. The summed E-state index contributed by atoms with van der Waals surface area (Å²) in [6, 6.07) is 5.75. The molecule has 0 heterocycles. The first kappa shape index (κ1) is 15.2. The van der Waals surface area contributed by atoms with E-state index in [0.29, 0.717) is 5.56 Å². The Morgan fingerprint density at radius 1 is 1.35 bits per heavy atom. The third-order valence-electron chi connectivity index (χ3n) is 4.25. The van der Waals surface area contributed by atoms with Gasteiger partial charge < -0.3 is 10.5 Å². The van der Waals surface area contributed by atoms with Crippen molar-refractivity contribution in [1.82, 2.24) is 0 Å². The van der Waals surface area contributed by atoms with Gasteiger partial charge in [0.05, 0.1) is 0 Å². The fourth-order valence-electron chi connectivity index (χ4n) is 3.17. The molecule has 0 radical (unpaired) electrons. The van der Waals surface area contributed by atoms with Crippen LogP contribution in [0.3, 0.4) is 0 Å². The van der Waals surface area contributed by atoms with E-state index in [2.05, 4.69) is 18.6 Å². The Labute approximate surface area is 117 Å². The van der Waals surface area contributed by atoms with E-state index in [0.717, 1.165) is 19.3 Å². The molecule has 1 saturated carbocycles. The van der Waals surface area contributed by atoms with Gasteiger partial charge in [-0.05, 0) is 41.9 Å². The van der Waals surface area contributed by atoms with Crippen molar-refractivity contribution in [1.29, 1.82) is 0 Å². The Hall–Kier alpha value is -1.23. The number of hydrogen-bond acceptors (Lipinski definition) is 2. The minimum Gasteiger partial charge on any atom is -0.406 e. The van der Waals surface area contributed by atoms with E-state index >= 15 is 0 Å². The second kappa shape index (κ2) is 5.28. The van der Waals surface area contributed by atoms with E-state index in [1.165, 1.54) is 12.1 Å². The van der Waals surface area contributed by atoms with Gasteiger partial charge in [-0.15, -0.1) is 13.2 Å². The number of alkyl halides is 3. The lowest BCUT2D eigenvalue weighted by Gasteiger charge is -2.32. The van der Waals surface area contributed by atoms with Crippen LogP contribution in [0, 0.1) is 11.3 Å². The highest BCUT2D eigenvalue weighted by molar-refractivity contribution is 5.31. The number of rotatable bonds is 3. The molecule has 5 heteroatoms. The summed E-state index contributed by atoms with van der Waals surface area (Å²) in [6.07, 6.45) is -1.44. The molecule has 1 aromatic rings. The standard InChI is InChI=1S/C15H20F3NO/c1-14(2)8-4-7-12(14)13(19)10-5-3-6-11(9-10)20-15(16,17)18/h3,5-6,9,12-13H,4,7-8,19H2,1-2H3. The highest BCUT2D eigenvalue weighted by atomic mass is 19.4. The number of ether oxygens (including phenoxy) is 1. The van der Waals surface area contributed by atoms with Crippen LogP contribution in [0.25, 0.3) is 0 Å². The Bertz CT molecular complexity index is 470. The predicted molar refractivity (Wildman–Crippen MR) is 71.2 cm³/mol. The van der Waals surface area contributed by atoms with E-state index in [1.807, 2.05) is 0 Å². The van der Waals surface area contributed by atoms with Gasteiger partial charge in [-0.3, -0.25) is 0 Å². The van der Waals surface area contributed by atoms with Crippen LogP contribution in [-0.4, -0.2) is 6.36 Å². The zero-order valence-electron chi connectivity index (χ0n) is 11.7. The lowest BCUT2D eigenvalue weighted by molar-refractivity contribution is -0.274. The molecule has 1 fully saturated rings. The summed E-state index contributed by atoms with van der Waals surface area (Å²) in [7, 11) is 0. The molecule has 2 unspecified atom stereocenters. The average Bonchev–Trinajstić information content (AvgIpc) is 2.66. The molecule has 0 bridgehead atoms. The second-order valence-corrected chi connectivity index (χ2v) is 6.13. The number of nitrogens with two attached hydrogens (primary N) is 1. The molecule has 1 aromatic carbocycles. The van der Waals surface area contributed by atoms with Gasteiger partial charge in [0, 0.05) is 6.04 Å². The third-order valence-corrected chi connectivity index (χ3v) is 4.25.